The highest BCUT2D eigenvalue weighted by Crippen LogP contribution is 2.33. The minimum absolute atomic E-state index is 0.0466. The average molecular weight is 361 g/mol. The number of primary amides is 1. The number of carbonyl (C=O) groups excluding carboxylic acids is 1. The largest absolute Gasteiger partial charge is 0.352 e. The molecule has 0 aromatic carbocycles. The molecule has 0 fully saturated rings. The number of amides is 2. The second-order valence-corrected chi connectivity index (χ2v) is 6.24. The molecule has 1 atom stereocenters. The van der Waals surface area contributed by atoms with Gasteiger partial charge in [0.1, 0.15) is 0 Å². The molecule has 2 amide bonds. The van der Waals surface area contributed by atoms with Crippen LogP contribution in [0.4, 0.5) is 4.79 Å². The van der Waals surface area contributed by atoms with E-state index in [2.05, 4.69) is 12.2 Å². The van der Waals surface area contributed by atoms with Crippen molar-refractivity contribution in [1.29, 1.82) is 0 Å². The summed E-state index contributed by atoms with van der Waals surface area (Å²) in [5, 5.41) is 2.66. The van der Waals surface area contributed by atoms with Crippen LogP contribution in [0, 0.1) is 5.92 Å². The molecule has 0 radical (unpaired) electrons. The van der Waals surface area contributed by atoms with Crippen LogP contribution < -0.4 is 11.1 Å². The van der Waals surface area contributed by atoms with Gasteiger partial charge in [0.2, 0.25) is 0 Å². The summed E-state index contributed by atoms with van der Waals surface area (Å²) in [5.74, 6) is -0.994. The molecule has 0 aliphatic carbocycles. The summed E-state index contributed by atoms with van der Waals surface area (Å²) in [6.45, 7) is 10.1. The molecule has 0 aliphatic rings. The molecular formula is C19H40N2O4. The molecule has 25 heavy (non-hydrogen) atoms. The van der Waals surface area contributed by atoms with E-state index in [9.17, 15) is 4.79 Å². The first-order valence-electron chi connectivity index (χ1n) is 10.0. The van der Waals surface area contributed by atoms with E-state index in [1.807, 2.05) is 20.8 Å². The normalized spacial score (nSPS) is 13.0. The highest BCUT2D eigenvalue weighted by molar-refractivity contribution is 5.71. The summed E-state index contributed by atoms with van der Waals surface area (Å²) in [6.07, 6.45) is 9.03. The van der Waals surface area contributed by atoms with Crippen molar-refractivity contribution in [3.8, 4) is 0 Å². The summed E-state index contributed by atoms with van der Waals surface area (Å²) in [5.41, 5.74) is 5.19. The molecule has 0 bridgehead atoms. The Morgan fingerprint density at radius 2 is 1.40 bits per heavy atom. The molecule has 150 valence electrons. The Bertz CT molecular complexity index is 310. The van der Waals surface area contributed by atoms with Gasteiger partial charge in [-0.1, -0.05) is 45.4 Å². The molecule has 6 nitrogen and oxygen atoms in total. The fraction of sp³-hybridized carbons (Fsp3) is 0.947. The number of rotatable bonds is 17. The Morgan fingerprint density at radius 1 is 0.880 bits per heavy atom. The van der Waals surface area contributed by atoms with Crippen molar-refractivity contribution in [2.75, 3.05) is 26.4 Å². The van der Waals surface area contributed by atoms with Crippen molar-refractivity contribution < 1.29 is 19.0 Å². The van der Waals surface area contributed by atoms with Crippen LogP contribution in [0.5, 0.6) is 0 Å². The van der Waals surface area contributed by atoms with Gasteiger partial charge in [0.15, 0.2) is 0 Å². The minimum Gasteiger partial charge on any atom is -0.352 e. The Balaban J connectivity index is 4.84. The summed E-state index contributed by atoms with van der Waals surface area (Å²) in [7, 11) is 0. The number of carbonyl (C=O) groups is 1. The Morgan fingerprint density at radius 3 is 1.88 bits per heavy atom. The van der Waals surface area contributed by atoms with Crippen LogP contribution in [0.2, 0.25) is 0 Å². The lowest BCUT2D eigenvalue weighted by Gasteiger charge is -2.39. The molecule has 0 saturated carbocycles. The zero-order chi connectivity index (χ0) is 19.0. The van der Waals surface area contributed by atoms with Gasteiger partial charge < -0.3 is 25.3 Å². The van der Waals surface area contributed by atoms with Gasteiger partial charge in [0.25, 0.3) is 5.97 Å². The van der Waals surface area contributed by atoms with E-state index in [0.29, 0.717) is 32.8 Å². The monoisotopic (exact) mass is 360 g/mol. The molecule has 0 spiro atoms. The number of nitrogens with one attached hydrogen (secondary N) is 1. The number of nitrogens with two attached hydrogens (primary N) is 1. The number of ether oxygens (including phenoxy) is 3. The molecule has 0 rings (SSSR count). The molecule has 0 aliphatic heterocycles. The molecule has 6 heteroatoms. The summed E-state index contributed by atoms with van der Waals surface area (Å²) < 4.78 is 17.8. The number of urea groups is 1. The lowest BCUT2D eigenvalue weighted by atomic mass is 9.94. The molecule has 0 saturated heterocycles. The topological polar surface area (TPSA) is 82.8 Å². The van der Waals surface area contributed by atoms with Crippen molar-refractivity contribution in [1.82, 2.24) is 5.32 Å². The maximum absolute atomic E-state index is 11.0. The second-order valence-electron chi connectivity index (χ2n) is 6.24. The van der Waals surface area contributed by atoms with Crippen molar-refractivity contribution in [2.24, 2.45) is 11.7 Å². The van der Waals surface area contributed by atoms with Gasteiger partial charge in [0, 0.05) is 32.3 Å². The fourth-order valence-corrected chi connectivity index (χ4v) is 3.12. The zero-order valence-corrected chi connectivity index (χ0v) is 16.8. The third kappa shape index (κ3) is 10.7. The maximum Gasteiger partial charge on any atom is 0.312 e. The second kappa shape index (κ2) is 15.4. The van der Waals surface area contributed by atoms with E-state index >= 15 is 0 Å². The number of unbranched alkanes of at least 4 members (excludes halogenated alkanes) is 5. The van der Waals surface area contributed by atoms with E-state index < -0.39 is 12.0 Å². The van der Waals surface area contributed by atoms with Crippen LogP contribution in [-0.2, 0) is 14.2 Å². The third-order valence-electron chi connectivity index (χ3n) is 4.23. The molecule has 0 aromatic heterocycles. The first-order valence-corrected chi connectivity index (χ1v) is 10.0. The van der Waals surface area contributed by atoms with Crippen LogP contribution in [0.3, 0.4) is 0 Å². The van der Waals surface area contributed by atoms with Gasteiger partial charge in [-0.15, -0.1) is 0 Å². The highest BCUT2D eigenvalue weighted by atomic mass is 16.9. The highest BCUT2D eigenvalue weighted by Gasteiger charge is 2.41. The summed E-state index contributed by atoms with van der Waals surface area (Å²) in [6, 6.07) is -0.506. The Kier molecular flexibility index (Phi) is 14.9. The molecule has 1 unspecified atom stereocenters. The van der Waals surface area contributed by atoms with Gasteiger partial charge >= 0.3 is 6.03 Å². The smallest absolute Gasteiger partial charge is 0.312 e. The van der Waals surface area contributed by atoms with Gasteiger partial charge in [-0.05, 0) is 33.6 Å². The molecule has 3 N–H and O–H groups in total. The van der Waals surface area contributed by atoms with Crippen LogP contribution >= 0.6 is 0 Å². The SMILES string of the molecule is CCCCCCCCC(CCNC(N)=O)C(OCC)(OCC)OCC. The molecule has 0 heterocycles. The van der Waals surface area contributed by atoms with Gasteiger partial charge in [-0.2, -0.15) is 0 Å². The predicted molar refractivity (Wildman–Crippen MR) is 101 cm³/mol. The van der Waals surface area contributed by atoms with Gasteiger partial charge in [-0.25, -0.2) is 4.79 Å². The van der Waals surface area contributed by atoms with Crippen molar-refractivity contribution in [2.45, 2.75) is 85.0 Å². The fourth-order valence-electron chi connectivity index (χ4n) is 3.12. The number of hydrogen-bond donors (Lipinski definition) is 2. The van der Waals surface area contributed by atoms with Gasteiger partial charge in [-0.3, -0.25) is 0 Å². The summed E-state index contributed by atoms with van der Waals surface area (Å²) in [4.78, 5) is 11.0. The van der Waals surface area contributed by atoms with E-state index in [4.69, 9.17) is 19.9 Å². The van der Waals surface area contributed by atoms with Crippen LogP contribution in [0.1, 0.15) is 79.1 Å². The third-order valence-corrected chi connectivity index (χ3v) is 4.23. The van der Waals surface area contributed by atoms with E-state index in [-0.39, 0.29) is 5.92 Å². The minimum atomic E-state index is -1.04. The number of hydrogen-bond acceptors (Lipinski definition) is 4. The average Bonchev–Trinajstić information content (AvgIpc) is 2.56. The summed E-state index contributed by atoms with van der Waals surface area (Å²) >= 11 is 0. The van der Waals surface area contributed by atoms with E-state index in [1.165, 1.54) is 32.1 Å². The van der Waals surface area contributed by atoms with E-state index in [1.54, 1.807) is 0 Å². The van der Waals surface area contributed by atoms with E-state index in [0.717, 1.165) is 12.8 Å². The first kappa shape index (κ1) is 24.1. The maximum atomic E-state index is 11.0. The first-order chi connectivity index (χ1) is 12.1. The lowest BCUT2D eigenvalue weighted by Crippen LogP contribution is -2.48. The van der Waals surface area contributed by atoms with Crippen molar-refractivity contribution in [3.63, 3.8) is 0 Å². The van der Waals surface area contributed by atoms with Crippen LogP contribution in [0.15, 0.2) is 0 Å². The Hall–Kier alpha value is -0.850. The molecular weight excluding hydrogens is 320 g/mol. The standard InChI is InChI=1S/C19H40N2O4/c1-5-9-10-11-12-13-14-17(15-16-21-18(20)22)19(23-6-2,24-7-3)25-8-4/h17H,5-16H2,1-4H3,(H3,20,21,22). The Labute approximate surface area is 154 Å². The van der Waals surface area contributed by atoms with Crippen molar-refractivity contribution >= 4 is 6.03 Å². The quantitative estimate of drug-likeness (QED) is 0.301. The lowest BCUT2D eigenvalue weighted by molar-refractivity contribution is -0.403. The zero-order valence-electron chi connectivity index (χ0n) is 16.8. The predicted octanol–water partition coefficient (Wildman–Crippen LogP) is 4.17. The molecule has 0 aromatic rings. The van der Waals surface area contributed by atoms with Crippen LogP contribution in [0.25, 0.3) is 0 Å². The van der Waals surface area contributed by atoms with Crippen molar-refractivity contribution in [3.05, 3.63) is 0 Å². The van der Waals surface area contributed by atoms with Crippen LogP contribution in [-0.4, -0.2) is 38.4 Å². The van der Waals surface area contributed by atoms with Gasteiger partial charge in [0.05, 0.1) is 0 Å².